The fourth-order valence-electron chi connectivity index (χ4n) is 1.38. The van der Waals surface area contributed by atoms with E-state index in [1.165, 1.54) is 0 Å². The molecule has 1 aromatic carbocycles. The van der Waals surface area contributed by atoms with Gasteiger partial charge in [0.25, 0.3) is 0 Å². The third-order valence-electron chi connectivity index (χ3n) is 2.38. The third-order valence-corrected chi connectivity index (χ3v) is 2.38. The van der Waals surface area contributed by atoms with Crippen LogP contribution in [0.15, 0.2) is 18.2 Å². The number of nitrogens with zero attached hydrogens (tertiary/aromatic N) is 1. The first-order valence-corrected chi connectivity index (χ1v) is 5.69. The average Bonchev–Trinajstić information content (AvgIpc) is 2.35. The molecule has 4 nitrogen and oxygen atoms in total. The number of benzene rings is 1. The maximum atomic E-state index is 9.61. The van der Waals surface area contributed by atoms with Crippen molar-refractivity contribution in [2.45, 2.75) is 20.0 Å². The van der Waals surface area contributed by atoms with Crippen LogP contribution in [0.25, 0.3) is 0 Å². The average molecular weight is 234 g/mol. The summed E-state index contributed by atoms with van der Waals surface area (Å²) in [5, 5.41) is 21.4. The summed E-state index contributed by atoms with van der Waals surface area (Å²) in [6.07, 6.45) is -0.542. The van der Waals surface area contributed by atoms with Crippen LogP contribution < -0.4 is 10.1 Å². The maximum absolute atomic E-state index is 9.61. The van der Waals surface area contributed by atoms with Gasteiger partial charge in [0.05, 0.1) is 11.6 Å². The zero-order valence-corrected chi connectivity index (χ0v) is 10.2. The molecule has 0 spiro atoms. The van der Waals surface area contributed by atoms with Gasteiger partial charge in [0.15, 0.2) is 0 Å². The van der Waals surface area contributed by atoms with Gasteiger partial charge in [0, 0.05) is 6.54 Å². The number of nitrogens with one attached hydrogen (secondary N) is 1. The molecule has 4 heteroatoms. The summed E-state index contributed by atoms with van der Waals surface area (Å²) in [6, 6.07) is 7.34. The van der Waals surface area contributed by atoms with Crippen LogP contribution in [-0.4, -0.2) is 30.9 Å². The van der Waals surface area contributed by atoms with Gasteiger partial charge in [-0.2, -0.15) is 5.26 Å². The van der Waals surface area contributed by atoms with Gasteiger partial charge in [-0.05, 0) is 31.2 Å². The minimum atomic E-state index is -0.542. The largest absolute Gasteiger partial charge is 0.491 e. The van der Waals surface area contributed by atoms with Crippen molar-refractivity contribution in [3.05, 3.63) is 29.3 Å². The first-order valence-electron chi connectivity index (χ1n) is 5.69. The normalized spacial score (nSPS) is 11.9. The SMILES string of the molecule is CCNCC(O)COc1cc(C#N)ccc1C. The zero-order chi connectivity index (χ0) is 12.7. The van der Waals surface area contributed by atoms with Gasteiger partial charge < -0.3 is 15.2 Å². The lowest BCUT2D eigenvalue weighted by atomic mass is 10.1. The van der Waals surface area contributed by atoms with Crippen LogP contribution in [0.5, 0.6) is 5.75 Å². The number of aryl methyl sites for hydroxylation is 1. The predicted octanol–water partition coefficient (Wildman–Crippen LogP) is 1.22. The van der Waals surface area contributed by atoms with E-state index in [-0.39, 0.29) is 6.61 Å². The summed E-state index contributed by atoms with van der Waals surface area (Å²) < 4.78 is 5.50. The van der Waals surface area contributed by atoms with Crippen molar-refractivity contribution in [3.63, 3.8) is 0 Å². The van der Waals surface area contributed by atoms with E-state index in [1.54, 1.807) is 12.1 Å². The highest BCUT2D eigenvalue weighted by Crippen LogP contribution is 2.19. The molecule has 1 aromatic rings. The fourth-order valence-corrected chi connectivity index (χ4v) is 1.38. The summed E-state index contributed by atoms with van der Waals surface area (Å²) in [5.74, 6) is 0.652. The minimum Gasteiger partial charge on any atom is -0.491 e. The van der Waals surface area contributed by atoms with E-state index in [4.69, 9.17) is 10.00 Å². The number of ether oxygens (including phenoxy) is 1. The summed E-state index contributed by atoms with van der Waals surface area (Å²) in [4.78, 5) is 0. The first kappa shape index (κ1) is 13.5. The van der Waals surface area contributed by atoms with Crippen LogP contribution in [0.3, 0.4) is 0 Å². The molecule has 2 N–H and O–H groups in total. The number of aliphatic hydroxyl groups excluding tert-OH is 1. The summed E-state index contributed by atoms with van der Waals surface area (Å²) in [5.41, 5.74) is 1.52. The van der Waals surface area contributed by atoms with E-state index < -0.39 is 6.10 Å². The molecule has 1 atom stereocenters. The molecule has 0 aliphatic carbocycles. The quantitative estimate of drug-likeness (QED) is 0.776. The monoisotopic (exact) mass is 234 g/mol. The topological polar surface area (TPSA) is 65.3 Å². The Morgan fingerprint density at radius 2 is 2.29 bits per heavy atom. The van der Waals surface area contributed by atoms with Gasteiger partial charge in [-0.3, -0.25) is 0 Å². The van der Waals surface area contributed by atoms with Crippen molar-refractivity contribution in [1.82, 2.24) is 5.32 Å². The van der Waals surface area contributed by atoms with E-state index in [2.05, 4.69) is 11.4 Å². The molecule has 0 aliphatic heterocycles. The molecule has 0 fully saturated rings. The highest BCUT2D eigenvalue weighted by molar-refractivity contribution is 5.41. The predicted molar refractivity (Wildman–Crippen MR) is 65.9 cm³/mol. The smallest absolute Gasteiger partial charge is 0.123 e. The molecular formula is C13H18N2O2. The van der Waals surface area contributed by atoms with Crippen LogP contribution in [0.1, 0.15) is 18.1 Å². The van der Waals surface area contributed by atoms with Crippen molar-refractivity contribution in [2.24, 2.45) is 0 Å². The Morgan fingerprint density at radius 3 is 2.94 bits per heavy atom. The lowest BCUT2D eigenvalue weighted by Gasteiger charge is -2.14. The van der Waals surface area contributed by atoms with Gasteiger partial charge in [-0.25, -0.2) is 0 Å². The Kier molecular flexibility index (Phi) is 5.47. The van der Waals surface area contributed by atoms with Crippen molar-refractivity contribution in [1.29, 1.82) is 5.26 Å². The number of nitriles is 1. The Hall–Kier alpha value is -1.57. The molecule has 92 valence electrons. The first-order chi connectivity index (χ1) is 8.17. The molecule has 0 radical (unpaired) electrons. The second-order valence-corrected chi connectivity index (χ2v) is 3.86. The molecule has 1 rings (SSSR count). The highest BCUT2D eigenvalue weighted by atomic mass is 16.5. The molecule has 0 saturated carbocycles. The van der Waals surface area contributed by atoms with E-state index in [0.29, 0.717) is 17.9 Å². The molecule has 0 aliphatic rings. The molecule has 0 amide bonds. The van der Waals surface area contributed by atoms with Crippen molar-refractivity contribution in [3.8, 4) is 11.8 Å². The van der Waals surface area contributed by atoms with Crippen LogP contribution in [0.2, 0.25) is 0 Å². The Labute approximate surface area is 102 Å². The molecule has 17 heavy (non-hydrogen) atoms. The van der Waals surface area contributed by atoms with Crippen LogP contribution >= 0.6 is 0 Å². The minimum absolute atomic E-state index is 0.225. The van der Waals surface area contributed by atoms with Gasteiger partial charge in [0.2, 0.25) is 0 Å². The van der Waals surface area contributed by atoms with Crippen LogP contribution in [-0.2, 0) is 0 Å². The third kappa shape index (κ3) is 4.43. The van der Waals surface area contributed by atoms with E-state index >= 15 is 0 Å². The second-order valence-electron chi connectivity index (χ2n) is 3.86. The molecule has 0 heterocycles. The van der Waals surface area contributed by atoms with Crippen LogP contribution in [0, 0.1) is 18.3 Å². The summed E-state index contributed by atoms with van der Waals surface area (Å²) in [7, 11) is 0. The second kappa shape index (κ2) is 6.89. The highest BCUT2D eigenvalue weighted by Gasteiger charge is 2.06. The van der Waals surface area contributed by atoms with Gasteiger partial charge in [0.1, 0.15) is 18.5 Å². The number of hydrogen-bond acceptors (Lipinski definition) is 4. The van der Waals surface area contributed by atoms with Gasteiger partial charge in [-0.1, -0.05) is 13.0 Å². The lowest BCUT2D eigenvalue weighted by Crippen LogP contribution is -2.31. The van der Waals surface area contributed by atoms with Crippen molar-refractivity contribution < 1.29 is 9.84 Å². The molecule has 0 aromatic heterocycles. The van der Waals surface area contributed by atoms with E-state index in [0.717, 1.165) is 12.1 Å². The number of likely N-dealkylation sites (N-methyl/N-ethyl adjacent to an activating group) is 1. The Balaban J connectivity index is 2.54. The summed E-state index contributed by atoms with van der Waals surface area (Å²) >= 11 is 0. The molecule has 1 unspecified atom stereocenters. The fraction of sp³-hybridized carbons (Fsp3) is 0.462. The summed E-state index contributed by atoms with van der Waals surface area (Å²) in [6.45, 7) is 5.44. The molecule has 0 bridgehead atoms. The van der Waals surface area contributed by atoms with Gasteiger partial charge >= 0.3 is 0 Å². The number of aliphatic hydroxyl groups is 1. The molecular weight excluding hydrogens is 216 g/mol. The van der Waals surface area contributed by atoms with E-state index in [1.807, 2.05) is 19.9 Å². The Morgan fingerprint density at radius 1 is 1.53 bits per heavy atom. The maximum Gasteiger partial charge on any atom is 0.123 e. The number of rotatable bonds is 6. The zero-order valence-electron chi connectivity index (χ0n) is 10.2. The standard InChI is InChI=1S/C13H18N2O2/c1-3-15-8-12(16)9-17-13-6-11(7-14)5-4-10(13)2/h4-6,12,15-16H,3,8-9H2,1-2H3. The van der Waals surface area contributed by atoms with Crippen molar-refractivity contribution in [2.75, 3.05) is 19.7 Å². The number of hydrogen-bond donors (Lipinski definition) is 2. The van der Waals surface area contributed by atoms with Gasteiger partial charge in [-0.15, -0.1) is 0 Å². The van der Waals surface area contributed by atoms with Crippen LogP contribution in [0.4, 0.5) is 0 Å². The molecule has 0 saturated heterocycles. The van der Waals surface area contributed by atoms with E-state index in [9.17, 15) is 5.11 Å². The Bertz CT molecular complexity index is 399. The van der Waals surface area contributed by atoms with Crippen molar-refractivity contribution >= 4 is 0 Å². The lowest BCUT2D eigenvalue weighted by molar-refractivity contribution is 0.106.